The number of hydrogen-bond donors (Lipinski definition) is 1. The van der Waals surface area contributed by atoms with Gasteiger partial charge in [0.2, 0.25) is 17.7 Å². The Kier molecular flexibility index (Phi) is 6.11. The van der Waals surface area contributed by atoms with Gasteiger partial charge in [-0.3, -0.25) is 4.79 Å². The van der Waals surface area contributed by atoms with E-state index in [1.165, 1.54) is 36.7 Å². The highest BCUT2D eigenvalue weighted by Crippen LogP contribution is 2.41. The van der Waals surface area contributed by atoms with Gasteiger partial charge >= 0.3 is 0 Å². The molecule has 1 aliphatic carbocycles. The van der Waals surface area contributed by atoms with Crippen molar-refractivity contribution in [2.24, 2.45) is 0 Å². The summed E-state index contributed by atoms with van der Waals surface area (Å²) < 4.78 is 16.6. The van der Waals surface area contributed by atoms with Crippen molar-refractivity contribution in [3.8, 4) is 22.7 Å². The highest BCUT2D eigenvalue weighted by atomic mass is 32.1. The van der Waals surface area contributed by atoms with Crippen LogP contribution in [0, 0.1) is 0 Å². The Morgan fingerprint density at radius 2 is 1.82 bits per heavy atom. The van der Waals surface area contributed by atoms with E-state index < -0.39 is 5.91 Å². The van der Waals surface area contributed by atoms with Crippen LogP contribution in [0.5, 0.6) is 22.7 Å². The van der Waals surface area contributed by atoms with E-state index >= 15 is 0 Å². The SMILES string of the molecule is COc1nc(N(C)C)nc(OC)c1NC(=O)c1csc(Oc2ccc3c(c2)C(C)(C)CC3)n1. The van der Waals surface area contributed by atoms with Gasteiger partial charge in [-0.1, -0.05) is 31.3 Å². The van der Waals surface area contributed by atoms with Crippen molar-refractivity contribution < 1.29 is 19.0 Å². The monoisotopic (exact) mass is 469 g/mol. The van der Waals surface area contributed by atoms with E-state index in [0.717, 1.165) is 12.8 Å². The molecule has 0 aliphatic heterocycles. The lowest BCUT2D eigenvalue weighted by Crippen LogP contribution is -2.18. The minimum atomic E-state index is -0.450. The summed E-state index contributed by atoms with van der Waals surface area (Å²) in [6, 6.07) is 6.13. The zero-order chi connectivity index (χ0) is 23.8. The van der Waals surface area contributed by atoms with Crippen molar-refractivity contribution >= 4 is 28.9 Å². The van der Waals surface area contributed by atoms with Crippen LogP contribution in [0.4, 0.5) is 11.6 Å². The minimum Gasteiger partial charge on any atom is -0.479 e. The van der Waals surface area contributed by atoms with Crippen molar-refractivity contribution in [1.29, 1.82) is 0 Å². The predicted molar refractivity (Wildman–Crippen MR) is 127 cm³/mol. The molecule has 1 amide bonds. The Labute approximate surface area is 196 Å². The number of carbonyl (C=O) groups is 1. The lowest BCUT2D eigenvalue weighted by Gasteiger charge is -2.19. The van der Waals surface area contributed by atoms with Gasteiger partial charge in [-0.2, -0.15) is 15.0 Å². The number of nitrogens with one attached hydrogen (secondary N) is 1. The number of methoxy groups -OCH3 is 2. The van der Waals surface area contributed by atoms with Gasteiger partial charge in [0.05, 0.1) is 14.2 Å². The van der Waals surface area contributed by atoms with Crippen LogP contribution in [0.3, 0.4) is 0 Å². The second-order valence-corrected chi connectivity index (χ2v) is 9.39. The number of rotatable bonds is 7. The van der Waals surface area contributed by atoms with Crippen LogP contribution in [0.15, 0.2) is 23.6 Å². The Morgan fingerprint density at radius 1 is 1.12 bits per heavy atom. The number of carbonyl (C=O) groups excluding carboxylic acids is 1. The molecule has 0 saturated carbocycles. The number of aryl methyl sites for hydroxylation is 1. The van der Waals surface area contributed by atoms with Gasteiger partial charge < -0.3 is 24.4 Å². The summed E-state index contributed by atoms with van der Waals surface area (Å²) in [6.45, 7) is 4.48. The zero-order valence-corrected chi connectivity index (χ0v) is 20.4. The second kappa shape index (κ2) is 8.86. The fourth-order valence-electron chi connectivity index (χ4n) is 3.75. The quantitative estimate of drug-likeness (QED) is 0.547. The van der Waals surface area contributed by atoms with E-state index in [2.05, 4.69) is 46.2 Å². The lowest BCUT2D eigenvalue weighted by atomic mass is 9.86. The van der Waals surface area contributed by atoms with E-state index in [1.807, 2.05) is 6.07 Å². The molecule has 0 radical (unpaired) electrons. The number of amides is 1. The second-order valence-electron chi connectivity index (χ2n) is 8.57. The van der Waals surface area contributed by atoms with E-state index in [9.17, 15) is 4.79 Å². The molecule has 9 nitrogen and oxygen atoms in total. The summed E-state index contributed by atoms with van der Waals surface area (Å²) in [4.78, 5) is 27.5. The Bertz CT molecular complexity index is 1170. The molecule has 1 N–H and O–H groups in total. The Hall–Kier alpha value is -3.40. The molecule has 0 bridgehead atoms. The molecular weight excluding hydrogens is 442 g/mol. The Morgan fingerprint density at radius 3 is 2.45 bits per heavy atom. The molecule has 3 aromatic rings. The average molecular weight is 470 g/mol. The molecular formula is C23H27N5O4S. The van der Waals surface area contributed by atoms with Gasteiger partial charge in [0.1, 0.15) is 11.4 Å². The van der Waals surface area contributed by atoms with Gasteiger partial charge in [-0.25, -0.2) is 0 Å². The molecule has 0 saturated heterocycles. The highest BCUT2D eigenvalue weighted by molar-refractivity contribution is 7.11. The standard InChI is InChI=1S/C23H27N5O4S/c1-23(2)10-9-13-7-8-14(11-15(13)23)32-22-24-16(12-33-22)18(29)25-17-19(30-5)26-21(28(3)4)27-20(17)31-6/h7-8,11-12H,9-10H2,1-6H3,(H,25,29). The molecule has 0 fully saturated rings. The first-order valence-corrected chi connectivity index (χ1v) is 11.4. The minimum absolute atomic E-state index is 0.130. The van der Waals surface area contributed by atoms with Gasteiger partial charge in [0.25, 0.3) is 11.1 Å². The molecule has 0 spiro atoms. The number of nitrogens with zero attached hydrogens (tertiary/aromatic N) is 4. The van der Waals surface area contributed by atoms with Crippen LogP contribution in [0.25, 0.3) is 0 Å². The third-order valence-corrected chi connectivity index (χ3v) is 6.32. The smallest absolute Gasteiger partial charge is 0.279 e. The van der Waals surface area contributed by atoms with Crippen molar-refractivity contribution in [1.82, 2.24) is 15.0 Å². The largest absolute Gasteiger partial charge is 0.479 e. The summed E-state index contributed by atoms with van der Waals surface area (Å²) in [6.07, 6.45) is 2.20. The summed E-state index contributed by atoms with van der Waals surface area (Å²) in [5, 5.41) is 4.76. The number of aromatic nitrogens is 3. The average Bonchev–Trinajstić information content (AvgIpc) is 3.38. The maximum atomic E-state index is 12.9. The van der Waals surface area contributed by atoms with E-state index in [4.69, 9.17) is 14.2 Å². The van der Waals surface area contributed by atoms with Crippen molar-refractivity contribution in [3.05, 3.63) is 40.4 Å². The number of ether oxygens (including phenoxy) is 3. The molecule has 1 aliphatic rings. The summed E-state index contributed by atoms with van der Waals surface area (Å²) in [7, 11) is 6.52. The number of fused-ring (bicyclic) bond motifs is 1. The van der Waals surface area contributed by atoms with Crippen LogP contribution in [0.2, 0.25) is 0 Å². The van der Waals surface area contributed by atoms with Gasteiger partial charge in [0.15, 0.2) is 5.69 Å². The van der Waals surface area contributed by atoms with Crippen molar-refractivity contribution in [3.63, 3.8) is 0 Å². The van der Waals surface area contributed by atoms with E-state index in [1.54, 1.807) is 24.4 Å². The highest BCUT2D eigenvalue weighted by Gasteiger charge is 2.30. The molecule has 0 atom stereocenters. The molecule has 4 rings (SSSR count). The van der Waals surface area contributed by atoms with Crippen molar-refractivity contribution in [2.75, 3.05) is 38.5 Å². The normalized spacial score (nSPS) is 13.9. The number of hydrogen-bond acceptors (Lipinski definition) is 9. The van der Waals surface area contributed by atoms with Crippen LogP contribution in [0.1, 0.15) is 41.9 Å². The first kappa shape index (κ1) is 22.8. The fourth-order valence-corrected chi connectivity index (χ4v) is 4.42. The van der Waals surface area contributed by atoms with Gasteiger partial charge in [-0.15, -0.1) is 0 Å². The van der Waals surface area contributed by atoms with Crippen LogP contribution in [-0.4, -0.2) is 49.2 Å². The van der Waals surface area contributed by atoms with E-state index in [-0.39, 0.29) is 28.6 Å². The first-order valence-electron chi connectivity index (χ1n) is 10.5. The number of benzene rings is 1. The lowest BCUT2D eigenvalue weighted by molar-refractivity contribution is 0.102. The van der Waals surface area contributed by atoms with Crippen LogP contribution >= 0.6 is 11.3 Å². The maximum Gasteiger partial charge on any atom is 0.279 e. The van der Waals surface area contributed by atoms with Gasteiger partial charge in [0, 0.05) is 19.5 Å². The van der Waals surface area contributed by atoms with Gasteiger partial charge in [-0.05, 0) is 41.5 Å². The number of anilines is 2. The predicted octanol–water partition coefficient (Wildman–Crippen LogP) is 4.28. The molecule has 10 heteroatoms. The summed E-state index contributed by atoms with van der Waals surface area (Å²) >= 11 is 1.25. The van der Waals surface area contributed by atoms with E-state index in [0.29, 0.717) is 16.9 Å². The van der Waals surface area contributed by atoms with Crippen LogP contribution < -0.4 is 24.4 Å². The molecule has 1 aromatic carbocycles. The molecule has 0 unspecified atom stereocenters. The molecule has 2 heterocycles. The zero-order valence-electron chi connectivity index (χ0n) is 19.6. The topological polar surface area (TPSA) is 98.7 Å². The summed E-state index contributed by atoms with van der Waals surface area (Å²) in [5.41, 5.74) is 3.22. The third-order valence-electron chi connectivity index (χ3n) is 5.61. The summed E-state index contributed by atoms with van der Waals surface area (Å²) in [5.74, 6) is 1.02. The first-order chi connectivity index (χ1) is 15.7. The van der Waals surface area contributed by atoms with Crippen molar-refractivity contribution in [2.45, 2.75) is 32.1 Å². The Balaban J connectivity index is 1.53. The maximum absolute atomic E-state index is 12.9. The third kappa shape index (κ3) is 4.56. The molecule has 33 heavy (non-hydrogen) atoms. The fraction of sp³-hybridized carbons (Fsp3) is 0.391. The molecule has 2 aromatic heterocycles. The van der Waals surface area contributed by atoms with Crippen LogP contribution in [-0.2, 0) is 11.8 Å². The number of thiazole rings is 1. The molecule has 174 valence electrons.